The van der Waals surface area contributed by atoms with Crippen LogP contribution in [0.15, 0.2) is 35.8 Å². The van der Waals surface area contributed by atoms with Crippen molar-refractivity contribution in [3.05, 3.63) is 62.2 Å². The molecule has 6 nitrogen and oxygen atoms in total. The number of ether oxygens (including phenoxy) is 1. The summed E-state index contributed by atoms with van der Waals surface area (Å²) in [5.74, 6) is -1.43. The number of esters is 1. The van der Waals surface area contributed by atoms with Gasteiger partial charge in [-0.1, -0.05) is 66.0 Å². The third kappa shape index (κ3) is 5.25. The second-order valence-corrected chi connectivity index (χ2v) is 7.82. The van der Waals surface area contributed by atoms with Crippen LogP contribution in [0.1, 0.15) is 23.0 Å². The van der Waals surface area contributed by atoms with Crippen molar-refractivity contribution in [1.29, 1.82) is 0 Å². The number of anilines is 1. The Balaban J connectivity index is 1.58. The number of aromatic nitrogens is 2. The summed E-state index contributed by atoms with van der Waals surface area (Å²) in [5, 5.41) is 4.78. The number of aryl methyl sites for hydroxylation is 1. The van der Waals surface area contributed by atoms with Crippen LogP contribution in [-0.2, 0) is 16.0 Å². The zero-order valence-electron chi connectivity index (χ0n) is 15.0. The maximum absolute atomic E-state index is 12.1. The highest BCUT2D eigenvalue weighted by Crippen LogP contribution is 2.31. The number of pyridine rings is 1. The van der Waals surface area contributed by atoms with Crippen molar-refractivity contribution in [1.82, 2.24) is 9.97 Å². The molecule has 0 radical (unpaired) electrons. The molecule has 0 fully saturated rings. The highest BCUT2D eigenvalue weighted by molar-refractivity contribution is 7.14. The van der Waals surface area contributed by atoms with Crippen LogP contribution in [0.4, 0.5) is 5.13 Å². The first-order valence-corrected chi connectivity index (χ1v) is 10.4. The zero-order valence-corrected chi connectivity index (χ0v) is 18.1. The van der Waals surface area contributed by atoms with Crippen LogP contribution in [0, 0.1) is 0 Å². The average Bonchev–Trinajstić information content (AvgIpc) is 3.19. The number of amides is 1. The van der Waals surface area contributed by atoms with Crippen LogP contribution in [0.5, 0.6) is 0 Å². The minimum Gasteiger partial charge on any atom is -0.451 e. The number of halogens is 3. The molecular formula is C19H14Cl3N3O3S. The molecule has 3 aromatic rings. The van der Waals surface area contributed by atoms with Gasteiger partial charge in [-0.15, -0.1) is 11.3 Å². The standard InChI is InChI=1S/C19H14Cl3N3O3S/c1-2-10-3-5-11(6-4-10)13-9-29-19(24-13)25-14(26)8-28-18(27)17-16(22)15(21)12(20)7-23-17/h3-7,9H,2,8H2,1H3,(H,24,25,26). The van der Waals surface area contributed by atoms with E-state index in [9.17, 15) is 9.59 Å². The molecule has 1 aromatic carbocycles. The molecule has 10 heteroatoms. The highest BCUT2D eigenvalue weighted by atomic mass is 35.5. The van der Waals surface area contributed by atoms with Crippen LogP contribution in [0.3, 0.4) is 0 Å². The Kier molecular flexibility index (Phi) is 7.08. The second kappa shape index (κ2) is 9.54. The predicted molar refractivity (Wildman–Crippen MR) is 115 cm³/mol. The Morgan fingerprint density at radius 1 is 1.14 bits per heavy atom. The quantitative estimate of drug-likeness (QED) is 0.480. The summed E-state index contributed by atoms with van der Waals surface area (Å²) in [7, 11) is 0. The Labute approximate surface area is 185 Å². The summed E-state index contributed by atoms with van der Waals surface area (Å²) in [5.41, 5.74) is 2.71. The van der Waals surface area contributed by atoms with Gasteiger partial charge in [-0.25, -0.2) is 14.8 Å². The van der Waals surface area contributed by atoms with Gasteiger partial charge in [0.2, 0.25) is 0 Å². The van der Waals surface area contributed by atoms with Crippen molar-refractivity contribution in [2.45, 2.75) is 13.3 Å². The van der Waals surface area contributed by atoms with Crippen LogP contribution in [0.2, 0.25) is 15.1 Å². The number of benzene rings is 1. The first-order valence-electron chi connectivity index (χ1n) is 8.40. The number of nitrogens with zero attached hydrogens (tertiary/aromatic N) is 2. The largest absolute Gasteiger partial charge is 0.451 e. The van der Waals surface area contributed by atoms with Crippen molar-refractivity contribution in [2.24, 2.45) is 0 Å². The summed E-state index contributed by atoms with van der Waals surface area (Å²) in [6.07, 6.45) is 2.14. The number of hydrogen-bond donors (Lipinski definition) is 1. The molecule has 0 unspecified atom stereocenters. The average molecular weight is 471 g/mol. The topological polar surface area (TPSA) is 81.2 Å². The normalized spacial score (nSPS) is 10.6. The smallest absolute Gasteiger partial charge is 0.359 e. The van der Waals surface area contributed by atoms with Crippen molar-refractivity contribution < 1.29 is 14.3 Å². The van der Waals surface area contributed by atoms with Crippen LogP contribution >= 0.6 is 46.1 Å². The zero-order chi connectivity index (χ0) is 21.0. The molecule has 0 aliphatic rings. The van der Waals surface area contributed by atoms with Gasteiger partial charge in [0, 0.05) is 17.1 Å². The van der Waals surface area contributed by atoms with Gasteiger partial charge in [-0.05, 0) is 12.0 Å². The minimum atomic E-state index is -0.889. The summed E-state index contributed by atoms with van der Waals surface area (Å²) in [6, 6.07) is 8.04. The lowest BCUT2D eigenvalue weighted by Crippen LogP contribution is -2.21. The summed E-state index contributed by atoms with van der Waals surface area (Å²) < 4.78 is 4.93. The molecule has 1 amide bonds. The highest BCUT2D eigenvalue weighted by Gasteiger charge is 2.19. The number of nitrogens with one attached hydrogen (secondary N) is 1. The third-order valence-corrected chi connectivity index (χ3v) is 5.85. The molecule has 0 aliphatic carbocycles. The molecule has 0 saturated heterocycles. The van der Waals surface area contributed by atoms with Gasteiger partial charge in [-0.2, -0.15) is 0 Å². The van der Waals surface area contributed by atoms with Crippen LogP contribution in [0.25, 0.3) is 11.3 Å². The van der Waals surface area contributed by atoms with E-state index in [1.165, 1.54) is 23.1 Å². The van der Waals surface area contributed by atoms with Crippen molar-refractivity contribution >= 4 is 63.1 Å². The molecule has 150 valence electrons. The maximum atomic E-state index is 12.1. The van der Waals surface area contributed by atoms with E-state index in [1.54, 1.807) is 0 Å². The molecule has 0 atom stereocenters. The molecule has 3 rings (SSSR count). The van der Waals surface area contributed by atoms with E-state index in [0.717, 1.165) is 17.7 Å². The van der Waals surface area contributed by atoms with E-state index in [0.29, 0.717) is 5.13 Å². The number of carbonyl (C=O) groups is 2. The number of hydrogen-bond acceptors (Lipinski definition) is 6. The van der Waals surface area contributed by atoms with E-state index in [1.807, 2.05) is 29.6 Å². The predicted octanol–water partition coefficient (Wildman–Crippen LogP) is 5.52. The van der Waals surface area contributed by atoms with Gasteiger partial charge >= 0.3 is 5.97 Å². The van der Waals surface area contributed by atoms with Crippen LogP contribution < -0.4 is 5.32 Å². The van der Waals surface area contributed by atoms with E-state index in [4.69, 9.17) is 39.5 Å². The van der Waals surface area contributed by atoms with Gasteiger partial charge < -0.3 is 4.74 Å². The Hall–Kier alpha value is -2.19. The number of thiazole rings is 1. The summed E-state index contributed by atoms with van der Waals surface area (Å²) in [6.45, 7) is 1.56. The molecule has 29 heavy (non-hydrogen) atoms. The van der Waals surface area contributed by atoms with Gasteiger partial charge in [0.05, 0.1) is 20.8 Å². The van der Waals surface area contributed by atoms with Crippen molar-refractivity contribution in [3.63, 3.8) is 0 Å². The Morgan fingerprint density at radius 2 is 1.86 bits per heavy atom. The monoisotopic (exact) mass is 469 g/mol. The third-order valence-electron chi connectivity index (χ3n) is 3.85. The molecule has 1 N–H and O–H groups in total. The Morgan fingerprint density at radius 3 is 2.55 bits per heavy atom. The van der Waals surface area contributed by atoms with E-state index < -0.39 is 18.5 Å². The Bertz CT molecular complexity index is 1050. The van der Waals surface area contributed by atoms with Crippen LogP contribution in [-0.4, -0.2) is 28.5 Å². The molecule has 0 spiro atoms. The number of rotatable bonds is 6. The molecule has 0 bridgehead atoms. The van der Waals surface area contributed by atoms with Gasteiger partial charge in [-0.3, -0.25) is 10.1 Å². The van der Waals surface area contributed by atoms with Gasteiger partial charge in [0.1, 0.15) is 0 Å². The van der Waals surface area contributed by atoms with E-state index >= 15 is 0 Å². The molecule has 0 saturated carbocycles. The first-order chi connectivity index (χ1) is 13.9. The van der Waals surface area contributed by atoms with Gasteiger partial charge in [0.15, 0.2) is 17.4 Å². The molecule has 0 aliphatic heterocycles. The lowest BCUT2D eigenvalue weighted by molar-refractivity contribution is -0.119. The molecular weight excluding hydrogens is 457 g/mol. The van der Waals surface area contributed by atoms with Gasteiger partial charge in [0.25, 0.3) is 5.91 Å². The maximum Gasteiger partial charge on any atom is 0.359 e. The lowest BCUT2D eigenvalue weighted by atomic mass is 10.1. The number of carbonyl (C=O) groups excluding carboxylic acids is 2. The van der Waals surface area contributed by atoms with Crippen molar-refractivity contribution in [3.8, 4) is 11.3 Å². The fourth-order valence-corrected chi connectivity index (χ4v) is 3.61. The summed E-state index contributed by atoms with van der Waals surface area (Å²) >= 11 is 18.8. The summed E-state index contributed by atoms with van der Waals surface area (Å²) in [4.78, 5) is 32.3. The lowest BCUT2D eigenvalue weighted by Gasteiger charge is -2.07. The second-order valence-electron chi connectivity index (χ2n) is 5.80. The van der Waals surface area contributed by atoms with Crippen molar-refractivity contribution in [2.75, 3.05) is 11.9 Å². The first kappa shape index (κ1) is 21.5. The fourth-order valence-electron chi connectivity index (χ4n) is 2.32. The fraction of sp³-hybridized carbons (Fsp3) is 0.158. The minimum absolute atomic E-state index is 0.0120. The van der Waals surface area contributed by atoms with E-state index in [-0.39, 0.29) is 20.8 Å². The van der Waals surface area contributed by atoms with E-state index in [2.05, 4.69) is 22.2 Å². The molecule has 2 aromatic heterocycles. The molecule has 2 heterocycles. The SMILES string of the molecule is CCc1ccc(-c2csc(NC(=O)COC(=O)c3ncc(Cl)c(Cl)c3Cl)n2)cc1.